The Morgan fingerprint density at radius 1 is 1.04 bits per heavy atom. The summed E-state index contributed by atoms with van der Waals surface area (Å²) in [6.45, 7) is 0. The molecule has 0 aliphatic rings. The first-order valence-electron chi connectivity index (χ1n) is 8.06. The molecule has 2 heterocycles. The van der Waals surface area contributed by atoms with E-state index in [0.29, 0.717) is 22.4 Å². The van der Waals surface area contributed by atoms with E-state index in [4.69, 9.17) is 4.42 Å². The molecule has 0 saturated carbocycles. The van der Waals surface area contributed by atoms with Crippen molar-refractivity contribution in [1.29, 1.82) is 0 Å². The summed E-state index contributed by atoms with van der Waals surface area (Å²) in [6, 6.07) is 9.36. The number of alkyl halides is 3. The number of nitrogens with zero attached hydrogens (tertiary/aromatic N) is 3. The third kappa shape index (κ3) is 3.54. The second kappa shape index (κ2) is 6.76. The highest BCUT2D eigenvalue weighted by atomic mass is 19.4. The second-order valence-electron chi connectivity index (χ2n) is 5.82. The van der Waals surface area contributed by atoms with Gasteiger partial charge in [0.1, 0.15) is 11.2 Å². The van der Waals surface area contributed by atoms with Crippen molar-refractivity contribution in [2.24, 2.45) is 0 Å². The number of aromatic nitrogens is 3. The van der Waals surface area contributed by atoms with Crippen LogP contribution in [0.4, 0.5) is 18.9 Å². The number of benzene rings is 2. The van der Waals surface area contributed by atoms with Crippen LogP contribution < -0.4 is 5.32 Å². The molecular formula is C19H11F3N4O2. The van der Waals surface area contributed by atoms with Gasteiger partial charge in [0, 0.05) is 23.6 Å². The molecule has 0 radical (unpaired) electrons. The summed E-state index contributed by atoms with van der Waals surface area (Å²) in [5.74, 6) is -0.250. The maximum Gasteiger partial charge on any atom is 0.416 e. The van der Waals surface area contributed by atoms with Crippen LogP contribution in [0.25, 0.3) is 22.6 Å². The molecule has 1 N–H and O–H groups in total. The number of hydrogen-bond acceptors (Lipinski definition) is 5. The fraction of sp³-hybridized carbons (Fsp3) is 0.0526. The van der Waals surface area contributed by atoms with Crippen molar-refractivity contribution in [3.05, 3.63) is 72.3 Å². The number of hydrogen-bond donors (Lipinski definition) is 1. The zero-order valence-electron chi connectivity index (χ0n) is 14.1. The number of carbonyl (C=O) groups excluding carboxylic acids is 1. The van der Waals surface area contributed by atoms with Gasteiger partial charge in [-0.25, -0.2) is 9.97 Å². The highest BCUT2D eigenvalue weighted by Gasteiger charge is 2.30. The summed E-state index contributed by atoms with van der Waals surface area (Å²) in [6.07, 6.45) is -0.199. The standard InChI is InChI=1S/C19H11F3N4O2/c20-19(21,22)12-3-1-11(2-4-12)18-26-14-9-13(5-6-16(14)28-18)25-17(27)15-10-23-7-8-24-15/h1-10H,(H,25,27). The maximum absolute atomic E-state index is 12.7. The number of halogens is 3. The summed E-state index contributed by atoms with van der Waals surface area (Å²) in [4.78, 5) is 24.2. The molecule has 4 aromatic rings. The first kappa shape index (κ1) is 17.7. The van der Waals surface area contributed by atoms with Crippen molar-refractivity contribution in [2.45, 2.75) is 6.18 Å². The Hall–Kier alpha value is -3.75. The molecule has 4 rings (SSSR count). The highest BCUT2D eigenvalue weighted by molar-refractivity contribution is 6.03. The third-order valence-corrected chi connectivity index (χ3v) is 3.90. The molecule has 0 aliphatic carbocycles. The van der Waals surface area contributed by atoms with Gasteiger partial charge in [-0.3, -0.25) is 9.78 Å². The van der Waals surface area contributed by atoms with E-state index in [1.165, 1.54) is 30.7 Å². The van der Waals surface area contributed by atoms with Crippen LogP contribution in [0.2, 0.25) is 0 Å². The lowest BCUT2D eigenvalue weighted by atomic mass is 10.1. The lowest BCUT2D eigenvalue weighted by Crippen LogP contribution is -2.13. The molecular weight excluding hydrogens is 373 g/mol. The van der Waals surface area contributed by atoms with Crippen molar-refractivity contribution in [3.63, 3.8) is 0 Å². The molecule has 140 valence electrons. The van der Waals surface area contributed by atoms with Crippen LogP contribution in [-0.2, 0) is 6.18 Å². The Morgan fingerprint density at radius 2 is 1.82 bits per heavy atom. The Balaban J connectivity index is 1.59. The molecule has 0 unspecified atom stereocenters. The van der Waals surface area contributed by atoms with Gasteiger partial charge in [-0.15, -0.1) is 0 Å². The predicted octanol–water partition coefficient (Wildman–Crippen LogP) is 4.56. The molecule has 0 fully saturated rings. The van der Waals surface area contributed by atoms with Crippen LogP contribution in [0, 0.1) is 0 Å². The molecule has 0 aliphatic heterocycles. The van der Waals surface area contributed by atoms with E-state index in [2.05, 4.69) is 20.3 Å². The van der Waals surface area contributed by atoms with Crippen molar-refractivity contribution in [3.8, 4) is 11.5 Å². The van der Waals surface area contributed by atoms with E-state index in [1.54, 1.807) is 18.2 Å². The molecule has 2 aromatic carbocycles. The minimum atomic E-state index is -4.41. The Bertz CT molecular complexity index is 1140. The molecule has 6 nitrogen and oxygen atoms in total. The van der Waals surface area contributed by atoms with E-state index in [0.717, 1.165) is 12.1 Å². The first-order valence-corrected chi connectivity index (χ1v) is 8.06. The lowest BCUT2D eigenvalue weighted by Gasteiger charge is -2.05. The van der Waals surface area contributed by atoms with E-state index in [1.807, 2.05) is 0 Å². The van der Waals surface area contributed by atoms with E-state index in [-0.39, 0.29) is 11.6 Å². The summed E-state index contributed by atoms with van der Waals surface area (Å²) in [5, 5.41) is 2.68. The number of rotatable bonds is 3. The fourth-order valence-corrected chi connectivity index (χ4v) is 2.54. The van der Waals surface area contributed by atoms with Crippen LogP contribution >= 0.6 is 0 Å². The molecule has 2 aromatic heterocycles. The number of fused-ring (bicyclic) bond motifs is 1. The largest absolute Gasteiger partial charge is 0.436 e. The van der Waals surface area contributed by atoms with Gasteiger partial charge in [-0.05, 0) is 42.5 Å². The smallest absolute Gasteiger partial charge is 0.416 e. The van der Waals surface area contributed by atoms with E-state index in [9.17, 15) is 18.0 Å². The lowest BCUT2D eigenvalue weighted by molar-refractivity contribution is -0.137. The Kier molecular flexibility index (Phi) is 4.26. The normalized spacial score (nSPS) is 11.5. The van der Waals surface area contributed by atoms with Gasteiger partial charge in [0.15, 0.2) is 5.58 Å². The van der Waals surface area contributed by atoms with Crippen LogP contribution in [0.3, 0.4) is 0 Å². The van der Waals surface area contributed by atoms with Gasteiger partial charge in [0.05, 0.1) is 11.8 Å². The average molecular weight is 384 g/mol. The number of anilines is 1. The molecule has 28 heavy (non-hydrogen) atoms. The van der Waals surface area contributed by atoms with Crippen LogP contribution in [0.15, 0.2) is 65.5 Å². The van der Waals surface area contributed by atoms with Crippen molar-refractivity contribution >= 4 is 22.7 Å². The van der Waals surface area contributed by atoms with E-state index < -0.39 is 17.6 Å². The van der Waals surface area contributed by atoms with Crippen molar-refractivity contribution in [1.82, 2.24) is 15.0 Å². The minimum Gasteiger partial charge on any atom is -0.436 e. The fourth-order valence-electron chi connectivity index (χ4n) is 2.54. The minimum absolute atomic E-state index is 0.160. The summed E-state index contributed by atoms with van der Waals surface area (Å²) < 4.78 is 43.6. The summed E-state index contributed by atoms with van der Waals surface area (Å²) in [5.41, 5.74) is 1.18. The van der Waals surface area contributed by atoms with Gasteiger partial charge in [-0.2, -0.15) is 13.2 Å². The summed E-state index contributed by atoms with van der Waals surface area (Å²) in [7, 11) is 0. The quantitative estimate of drug-likeness (QED) is 0.560. The second-order valence-corrected chi connectivity index (χ2v) is 5.82. The van der Waals surface area contributed by atoms with Gasteiger partial charge >= 0.3 is 6.18 Å². The Morgan fingerprint density at radius 3 is 2.50 bits per heavy atom. The maximum atomic E-state index is 12.7. The topological polar surface area (TPSA) is 80.9 Å². The highest BCUT2D eigenvalue weighted by Crippen LogP contribution is 2.32. The zero-order valence-corrected chi connectivity index (χ0v) is 14.1. The average Bonchev–Trinajstić information content (AvgIpc) is 3.11. The number of oxazole rings is 1. The van der Waals surface area contributed by atoms with Crippen molar-refractivity contribution in [2.75, 3.05) is 5.32 Å². The van der Waals surface area contributed by atoms with Gasteiger partial charge in [0.2, 0.25) is 5.89 Å². The number of carbonyl (C=O) groups is 1. The predicted molar refractivity (Wildman–Crippen MR) is 94.4 cm³/mol. The Labute approximate surface area is 156 Å². The molecule has 0 spiro atoms. The number of amides is 1. The third-order valence-electron chi connectivity index (χ3n) is 3.90. The van der Waals surface area contributed by atoms with Crippen LogP contribution in [0.5, 0.6) is 0 Å². The molecule has 0 bridgehead atoms. The van der Waals surface area contributed by atoms with Gasteiger partial charge in [-0.1, -0.05) is 0 Å². The molecule has 0 atom stereocenters. The molecule has 9 heteroatoms. The summed E-state index contributed by atoms with van der Waals surface area (Å²) >= 11 is 0. The van der Waals surface area contributed by atoms with Gasteiger partial charge in [0.25, 0.3) is 5.91 Å². The van der Waals surface area contributed by atoms with Crippen molar-refractivity contribution < 1.29 is 22.4 Å². The molecule has 0 saturated heterocycles. The first-order chi connectivity index (χ1) is 13.4. The molecule has 1 amide bonds. The van der Waals surface area contributed by atoms with Crippen LogP contribution in [0.1, 0.15) is 16.1 Å². The van der Waals surface area contributed by atoms with Crippen LogP contribution in [-0.4, -0.2) is 20.9 Å². The SMILES string of the molecule is O=C(Nc1ccc2oc(-c3ccc(C(F)(F)F)cc3)nc2c1)c1cnccn1. The number of nitrogens with one attached hydrogen (secondary N) is 1. The van der Waals surface area contributed by atoms with Gasteiger partial charge < -0.3 is 9.73 Å². The zero-order chi connectivity index (χ0) is 19.7. The van der Waals surface area contributed by atoms with E-state index >= 15 is 0 Å². The monoisotopic (exact) mass is 384 g/mol.